The second-order valence-corrected chi connectivity index (χ2v) is 3.24. The molecule has 16 heavy (non-hydrogen) atoms. The van der Waals surface area contributed by atoms with E-state index < -0.39 is 0 Å². The van der Waals surface area contributed by atoms with Crippen molar-refractivity contribution >= 4 is 17.6 Å². The van der Waals surface area contributed by atoms with Crippen LogP contribution < -0.4 is 0 Å². The molecule has 0 spiro atoms. The van der Waals surface area contributed by atoms with Crippen LogP contribution in [0.25, 0.3) is 6.08 Å². The second kappa shape index (κ2) is 5.66. The Morgan fingerprint density at radius 2 is 1.81 bits per heavy atom. The third-order valence-electron chi connectivity index (χ3n) is 1.93. The summed E-state index contributed by atoms with van der Waals surface area (Å²) in [6.45, 7) is 3.29. The van der Waals surface area contributed by atoms with Crippen LogP contribution in [0.3, 0.4) is 0 Å². The van der Waals surface area contributed by atoms with Gasteiger partial charge >= 0.3 is 0 Å². The van der Waals surface area contributed by atoms with E-state index >= 15 is 0 Å². The third kappa shape index (κ3) is 3.92. The number of allylic oxidation sites excluding steroid dienone is 2. The Bertz CT molecular complexity index is 427. The highest BCUT2D eigenvalue weighted by atomic mass is 16.3. The molecule has 0 saturated carbocycles. The first-order valence-electron chi connectivity index (χ1n) is 4.77. The summed E-state index contributed by atoms with van der Waals surface area (Å²) in [4.78, 5) is 22.1. The van der Waals surface area contributed by atoms with Crippen LogP contribution >= 0.6 is 0 Å². The highest BCUT2D eigenvalue weighted by Crippen LogP contribution is 2.10. The topological polar surface area (TPSA) is 54.4 Å². The Kier molecular flexibility index (Phi) is 4.21. The van der Waals surface area contributed by atoms with E-state index in [1.807, 2.05) is 0 Å². The van der Waals surface area contributed by atoms with Crippen LogP contribution in [0.15, 0.2) is 43.0 Å². The van der Waals surface area contributed by atoms with Crippen molar-refractivity contribution in [3.8, 4) is 5.75 Å². The molecule has 0 heterocycles. The first-order chi connectivity index (χ1) is 7.61. The molecular formula is C13H12O3. The summed E-state index contributed by atoms with van der Waals surface area (Å²) < 4.78 is 0. The maximum Gasteiger partial charge on any atom is 0.163 e. The van der Waals surface area contributed by atoms with Crippen molar-refractivity contribution in [1.29, 1.82) is 0 Å². The molecule has 0 fully saturated rings. The van der Waals surface area contributed by atoms with Gasteiger partial charge in [0.2, 0.25) is 0 Å². The van der Waals surface area contributed by atoms with Gasteiger partial charge in [-0.15, -0.1) is 0 Å². The van der Waals surface area contributed by atoms with E-state index in [1.54, 1.807) is 18.2 Å². The lowest BCUT2D eigenvalue weighted by Gasteiger charge is -1.94. The minimum Gasteiger partial charge on any atom is -0.508 e. The van der Waals surface area contributed by atoms with E-state index in [2.05, 4.69) is 6.58 Å². The van der Waals surface area contributed by atoms with Crippen molar-refractivity contribution in [2.75, 3.05) is 0 Å². The van der Waals surface area contributed by atoms with E-state index in [1.165, 1.54) is 18.2 Å². The van der Waals surface area contributed by atoms with E-state index in [0.717, 1.165) is 11.6 Å². The van der Waals surface area contributed by atoms with E-state index in [9.17, 15) is 9.59 Å². The average Bonchev–Trinajstić information content (AvgIpc) is 2.28. The van der Waals surface area contributed by atoms with Gasteiger partial charge in [-0.05, 0) is 29.8 Å². The Labute approximate surface area is 93.7 Å². The molecule has 0 amide bonds. The van der Waals surface area contributed by atoms with Gasteiger partial charge in [0, 0.05) is 0 Å². The lowest BCUT2D eigenvalue weighted by Crippen LogP contribution is -2.01. The highest BCUT2D eigenvalue weighted by molar-refractivity contribution is 6.09. The van der Waals surface area contributed by atoms with Crippen LogP contribution in [0.5, 0.6) is 5.75 Å². The van der Waals surface area contributed by atoms with Gasteiger partial charge < -0.3 is 5.11 Å². The number of aromatic hydroxyl groups is 1. The Hall–Kier alpha value is -2.16. The van der Waals surface area contributed by atoms with Gasteiger partial charge in [-0.3, -0.25) is 9.59 Å². The van der Waals surface area contributed by atoms with Crippen molar-refractivity contribution in [3.05, 3.63) is 48.6 Å². The maximum absolute atomic E-state index is 11.2. The molecule has 1 rings (SSSR count). The summed E-state index contributed by atoms with van der Waals surface area (Å²) in [5.74, 6) is -0.386. The molecule has 0 aliphatic carbocycles. The number of hydrogen-bond acceptors (Lipinski definition) is 3. The predicted octanol–water partition coefficient (Wildman–Crippen LogP) is 2.12. The van der Waals surface area contributed by atoms with Gasteiger partial charge in [0.15, 0.2) is 11.6 Å². The average molecular weight is 216 g/mol. The van der Waals surface area contributed by atoms with Crippen LogP contribution in [0.2, 0.25) is 0 Å². The zero-order valence-electron chi connectivity index (χ0n) is 8.72. The number of benzene rings is 1. The summed E-state index contributed by atoms with van der Waals surface area (Å²) >= 11 is 0. The number of phenolic OH excluding ortho intramolecular Hbond substituents is 1. The molecule has 0 aliphatic heterocycles. The monoisotopic (exact) mass is 216 g/mol. The number of carbonyl (C=O) groups is 2. The summed E-state index contributed by atoms with van der Waals surface area (Å²) in [5.41, 5.74) is 0.789. The van der Waals surface area contributed by atoms with Gasteiger partial charge in [-0.2, -0.15) is 0 Å². The lowest BCUT2D eigenvalue weighted by atomic mass is 10.1. The molecular weight excluding hydrogens is 204 g/mol. The second-order valence-electron chi connectivity index (χ2n) is 3.24. The summed E-state index contributed by atoms with van der Waals surface area (Å²) in [7, 11) is 0. The van der Waals surface area contributed by atoms with Crippen LogP contribution in [0.4, 0.5) is 0 Å². The molecule has 1 N–H and O–H groups in total. The number of rotatable bonds is 5. The minimum absolute atomic E-state index is 0.155. The fraction of sp³-hybridized carbons (Fsp3) is 0.0769. The third-order valence-corrected chi connectivity index (χ3v) is 1.93. The van der Waals surface area contributed by atoms with Crippen LogP contribution in [-0.2, 0) is 9.59 Å². The van der Waals surface area contributed by atoms with Gasteiger partial charge in [-0.1, -0.05) is 24.8 Å². The summed E-state index contributed by atoms with van der Waals surface area (Å²) in [6.07, 6.45) is 3.91. The maximum atomic E-state index is 11.2. The molecule has 0 radical (unpaired) electrons. The van der Waals surface area contributed by atoms with Crippen LogP contribution in [0, 0.1) is 0 Å². The van der Waals surface area contributed by atoms with Crippen molar-refractivity contribution in [2.45, 2.75) is 6.42 Å². The molecule has 3 nitrogen and oxygen atoms in total. The standard InChI is InChI=1S/C13H12O3/c1-2-11(14)9-13(16)8-5-10-3-6-12(15)7-4-10/h2-8,15H,1,9H2. The predicted molar refractivity (Wildman–Crippen MR) is 62.0 cm³/mol. The van der Waals surface area contributed by atoms with Gasteiger partial charge in [0.05, 0.1) is 6.42 Å². The fourth-order valence-electron chi connectivity index (χ4n) is 1.08. The van der Waals surface area contributed by atoms with Crippen molar-refractivity contribution in [3.63, 3.8) is 0 Å². The fourth-order valence-corrected chi connectivity index (χ4v) is 1.08. The van der Waals surface area contributed by atoms with Crippen molar-refractivity contribution in [1.82, 2.24) is 0 Å². The normalized spacial score (nSPS) is 10.2. The lowest BCUT2D eigenvalue weighted by molar-refractivity contribution is -0.121. The van der Waals surface area contributed by atoms with E-state index in [4.69, 9.17) is 5.11 Å². The molecule has 0 aromatic heterocycles. The zero-order chi connectivity index (χ0) is 12.0. The van der Waals surface area contributed by atoms with Crippen LogP contribution in [-0.4, -0.2) is 16.7 Å². The molecule has 82 valence electrons. The van der Waals surface area contributed by atoms with Gasteiger partial charge in [0.1, 0.15) is 5.75 Å². The molecule has 0 aliphatic rings. The molecule has 0 unspecified atom stereocenters. The Morgan fingerprint density at radius 3 is 2.38 bits per heavy atom. The van der Waals surface area contributed by atoms with Crippen molar-refractivity contribution < 1.29 is 14.7 Å². The quantitative estimate of drug-likeness (QED) is 0.606. The Balaban J connectivity index is 2.59. The SMILES string of the molecule is C=CC(=O)CC(=O)C=Cc1ccc(O)cc1. The molecule has 1 aromatic carbocycles. The molecule has 0 saturated heterocycles. The van der Waals surface area contributed by atoms with Gasteiger partial charge in [0.25, 0.3) is 0 Å². The molecule has 0 atom stereocenters. The number of ketones is 2. The van der Waals surface area contributed by atoms with E-state index in [-0.39, 0.29) is 23.7 Å². The number of carbonyl (C=O) groups excluding carboxylic acids is 2. The Morgan fingerprint density at radius 1 is 1.19 bits per heavy atom. The van der Waals surface area contributed by atoms with Crippen LogP contribution in [0.1, 0.15) is 12.0 Å². The van der Waals surface area contributed by atoms with Crippen molar-refractivity contribution in [2.24, 2.45) is 0 Å². The molecule has 3 heteroatoms. The molecule has 0 bridgehead atoms. The summed E-state index contributed by atoms with van der Waals surface area (Å²) in [6, 6.07) is 6.40. The van der Waals surface area contributed by atoms with E-state index in [0.29, 0.717) is 0 Å². The smallest absolute Gasteiger partial charge is 0.163 e. The minimum atomic E-state index is -0.291. The molecule has 1 aromatic rings. The largest absolute Gasteiger partial charge is 0.508 e. The zero-order valence-corrected chi connectivity index (χ0v) is 8.72. The summed E-state index contributed by atoms with van der Waals surface area (Å²) in [5, 5.41) is 9.04. The first kappa shape index (κ1) is 11.9. The number of hydrogen-bond donors (Lipinski definition) is 1. The number of phenols is 1. The van der Waals surface area contributed by atoms with Gasteiger partial charge in [-0.25, -0.2) is 0 Å². The highest BCUT2D eigenvalue weighted by Gasteiger charge is 2.01. The first-order valence-corrected chi connectivity index (χ1v) is 4.77.